The van der Waals surface area contributed by atoms with Crippen LogP contribution in [0.3, 0.4) is 0 Å². The number of hydrogen-bond acceptors (Lipinski definition) is 5. The van der Waals surface area contributed by atoms with Gasteiger partial charge in [0.15, 0.2) is 0 Å². The van der Waals surface area contributed by atoms with E-state index in [1.54, 1.807) is 24.4 Å². The molecular formula is C9H11N3O3S. The Kier molecular flexibility index (Phi) is 5.13. The molecule has 0 aromatic carbocycles. The average molecular weight is 241 g/mol. The molecule has 86 valence electrons. The summed E-state index contributed by atoms with van der Waals surface area (Å²) >= 11 is 0.903. The van der Waals surface area contributed by atoms with Crippen molar-refractivity contribution in [3.8, 4) is 0 Å². The molecule has 1 heterocycles. The standard InChI is InChI=1S/C9H11N3O3S/c13-8(14)4-6-16-9(15)12-11-7-3-1-2-5-10-7/h1-3,5H,4,6H2,(H,10,11)(H,12,15)(H,13,14). The second kappa shape index (κ2) is 6.67. The highest BCUT2D eigenvalue weighted by Gasteiger charge is 2.03. The molecule has 0 saturated heterocycles. The normalized spacial score (nSPS) is 9.50. The van der Waals surface area contributed by atoms with Gasteiger partial charge in [-0.3, -0.25) is 20.4 Å². The Labute approximate surface area is 96.4 Å². The Morgan fingerprint density at radius 2 is 2.25 bits per heavy atom. The minimum absolute atomic E-state index is 0.0400. The van der Waals surface area contributed by atoms with Gasteiger partial charge in [-0.05, 0) is 12.1 Å². The number of carbonyl (C=O) groups is 2. The summed E-state index contributed by atoms with van der Waals surface area (Å²) in [6.45, 7) is 0. The zero-order valence-electron chi connectivity index (χ0n) is 8.34. The Bertz CT molecular complexity index is 358. The molecule has 0 atom stereocenters. The van der Waals surface area contributed by atoms with Gasteiger partial charge in [-0.15, -0.1) is 0 Å². The first-order valence-electron chi connectivity index (χ1n) is 4.50. The molecular weight excluding hydrogens is 230 g/mol. The molecule has 1 aromatic rings. The van der Waals surface area contributed by atoms with Crippen LogP contribution >= 0.6 is 11.8 Å². The SMILES string of the molecule is O=C(O)CCSC(=O)NNc1ccccn1. The lowest BCUT2D eigenvalue weighted by Crippen LogP contribution is -2.26. The number of thioether (sulfide) groups is 1. The Morgan fingerprint density at radius 1 is 1.44 bits per heavy atom. The summed E-state index contributed by atoms with van der Waals surface area (Å²) in [7, 11) is 0. The number of hydrazine groups is 1. The number of carboxylic acids is 1. The number of nitrogens with zero attached hydrogens (tertiary/aromatic N) is 1. The van der Waals surface area contributed by atoms with Crippen molar-refractivity contribution in [3.63, 3.8) is 0 Å². The number of rotatable bonds is 5. The highest BCUT2D eigenvalue weighted by atomic mass is 32.2. The molecule has 0 unspecified atom stereocenters. The molecule has 6 nitrogen and oxygen atoms in total. The topological polar surface area (TPSA) is 91.3 Å². The highest BCUT2D eigenvalue weighted by Crippen LogP contribution is 2.04. The first kappa shape index (κ1) is 12.3. The predicted molar refractivity (Wildman–Crippen MR) is 61.1 cm³/mol. The molecule has 3 N–H and O–H groups in total. The van der Waals surface area contributed by atoms with E-state index in [2.05, 4.69) is 15.8 Å². The summed E-state index contributed by atoms with van der Waals surface area (Å²) in [5.41, 5.74) is 4.99. The number of hydrogen-bond donors (Lipinski definition) is 3. The largest absolute Gasteiger partial charge is 0.481 e. The Balaban J connectivity index is 2.18. The molecule has 0 spiro atoms. The van der Waals surface area contributed by atoms with Crippen LogP contribution in [0.2, 0.25) is 0 Å². The fraction of sp³-hybridized carbons (Fsp3) is 0.222. The third-order valence-electron chi connectivity index (χ3n) is 1.51. The fourth-order valence-corrected chi connectivity index (χ4v) is 1.40. The number of aromatic nitrogens is 1. The van der Waals surface area contributed by atoms with E-state index in [1.807, 2.05) is 0 Å². The monoisotopic (exact) mass is 241 g/mol. The van der Waals surface area contributed by atoms with Crippen LogP contribution in [0.15, 0.2) is 24.4 Å². The van der Waals surface area contributed by atoms with E-state index in [0.29, 0.717) is 5.82 Å². The van der Waals surface area contributed by atoms with Gasteiger partial charge in [0, 0.05) is 11.9 Å². The molecule has 7 heteroatoms. The minimum Gasteiger partial charge on any atom is -0.481 e. The summed E-state index contributed by atoms with van der Waals surface area (Å²) in [5.74, 6) is -0.155. The summed E-state index contributed by atoms with van der Waals surface area (Å²) in [4.78, 5) is 25.3. The molecule has 0 aliphatic heterocycles. The van der Waals surface area contributed by atoms with Crippen LogP contribution in [0, 0.1) is 0 Å². The second-order valence-electron chi connectivity index (χ2n) is 2.74. The molecule has 0 aliphatic rings. The zero-order chi connectivity index (χ0) is 11.8. The van der Waals surface area contributed by atoms with Crippen molar-refractivity contribution < 1.29 is 14.7 Å². The van der Waals surface area contributed by atoms with Crippen molar-refractivity contribution in [2.24, 2.45) is 0 Å². The van der Waals surface area contributed by atoms with Gasteiger partial charge in [-0.25, -0.2) is 4.98 Å². The molecule has 0 aliphatic carbocycles. The third kappa shape index (κ3) is 5.20. The van der Waals surface area contributed by atoms with Crippen molar-refractivity contribution in [1.82, 2.24) is 10.4 Å². The maximum atomic E-state index is 11.2. The predicted octanol–water partition coefficient (Wildman–Crippen LogP) is 1.33. The lowest BCUT2D eigenvalue weighted by Gasteiger charge is -2.05. The fourth-order valence-electron chi connectivity index (χ4n) is 0.819. The van der Waals surface area contributed by atoms with Gasteiger partial charge in [0.2, 0.25) is 0 Å². The first-order valence-corrected chi connectivity index (χ1v) is 5.48. The van der Waals surface area contributed by atoms with Gasteiger partial charge in [-0.2, -0.15) is 0 Å². The lowest BCUT2D eigenvalue weighted by atomic mass is 10.5. The third-order valence-corrected chi connectivity index (χ3v) is 2.28. The zero-order valence-corrected chi connectivity index (χ0v) is 9.16. The lowest BCUT2D eigenvalue weighted by molar-refractivity contribution is -0.136. The van der Waals surface area contributed by atoms with Crippen molar-refractivity contribution in [3.05, 3.63) is 24.4 Å². The van der Waals surface area contributed by atoms with Crippen LogP contribution in [-0.2, 0) is 4.79 Å². The van der Waals surface area contributed by atoms with Gasteiger partial charge in [0.1, 0.15) is 5.82 Å². The number of carbonyl (C=O) groups excluding carboxylic acids is 1. The molecule has 1 amide bonds. The van der Waals surface area contributed by atoms with E-state index in [0.717, 1.165) is 11.8 Å². The molecule has 0 bridgehead atoms. The maximum Gasteiger partial charge on any atom is 0.304 e. The summed E-state index contributed by atoms with van der Waals surface area (Å²) in [6.07, 6.45) is 1.55. The number of aliphatic carboxylic acids is 1. The number of pyridine rings is 1. The van der Waals surface area contributed by atoms with Crippen molar-refractivity contribution >= 4 is 28.8 Å². The summed E-state index contributed by atoms with van der Waals surface area (Å²) in [5, 5.41) is 8.02. The van der Waals surface area contributed by atoms with E-state index >= 15 is 0 Å². The summed E-state index contributed by atoms with van der Waals surface area (Å²) in [6, 6.07) is 5.23. The first-order chi connectivity index (χ1) is 7.68. The van der Waals surface area contributed by atoms with Crippen molar-refractivity contribution in [1.29, 1.82) is 0 Å². The Hall–Kier alpha value is -1.76. The van der Waals surface area contributed by atoms with Crippen LogP contribution in [0.1, 0.15) is 6.42 Å². The highest BCUT2D eigenvalue weighted by molar-refractivity contribution is 8.13. The number of carboxylic acid groups (broad SMARTS) is 1. The van der Waals surface area contributed by atoms with Crippen molar-refractivity contribution in [2.45, 2.75) is 6.42 Å². The van der Waals surface area contributed by atoms with E-state index in [4.69, 9.17) is 5.11 Å². The number of anilines is 1. The minimum atomic E-state index is -0.919. The van der Waals surface area contributed by atoms with Gasteiger partial charge in [0.25, 0.3) is 5.24 Å². The maximum absolute atomic E-state index is 11.2. The van der Waals surface area contributed by atoms with Crippen LogP contribution in [0.5, 0.6) is 0 Å². The van der Waals surface area contributed by atoms with E-state index in [9.17, 15) is 9.59 Å². The van der Waals surface area contributed by atoms with E-state index < -0.39 is 5.97 Å². The molecule has 1 aromatic heterocycles. The number of nitrogens with one attached hydrogen (secondary N) is 2. The molecule has 0 fully saturated rings. The number of amides is 1. The molecule has 16 heavy (non-hydrogen) atoms. The molecule has 0 saturated carbocycles. The van der Waals surface area contributed by atoms with Gasteiger partial charge >= 0.3 is 5.97 Å². The van der Waals surface area contributed by atoms with E-state index in [1.165, 1.54) is 0 Å². The van der Waals surface area contributed by atoms with E-state index in [-0.39, 0.29) is 17.4 Å². The average Bonchev–Trinajstić information content (AvgIpc) is 2.27. The van der Waals surface area contributed by atoms with Crippen molar-refractivity contribution in [2.75, 3.05) is 11.2 Å². The van der Waals surface area contributed by atoms with Crippen LogP contribution in [-0.4, -0.2) is 27.1 Å². The summed E-state index contributed by atoms with van der Waals surface area (Å²) < 4.78 is 0. The second-order valence-corrected chi connectivity index (χ2v) is 3.81. The van der Waals surface area contributed by atoms with Gasteiger partial charge < -0.3 is 5.11 Å². The Morgan fingerprint density at radius 3 is 2.88 bits per heavy atom. The van der Waals surface area contributed by atoms with Crippen LogP contribution in [0.4, 0.5) is 10.6 Å². The van der Waals surface area contributed by atoms with Crippen LogP contribution in [0.25, 0.3) is 0 Å². The smallest absolute Gasteiger partial charge is 0.304 e. The van der Waals surface area contributed by atoms with Gasteiger partial charge in [-0.1, -0.05) is 17.8 Å². The molecule has 0 radical (unpaired) electrons. The van der Waals surface area contributed by atoms with Crippen LogP contribution < -0.4 is 10.9 Å². The van der Waals surface area contributed by atoms with Gasteiger partial charge in [0.05, 0.1) is 6.42 Å². The quantitative estimate of drug-likeness (QED) is 0.673. The molecule has 1 rings (SSSR count).